The molecule has 2 aromatic carbocycles. The van der Waals surface area contributed by atoms with Crippen LogP contribution in [-0.4, -0.2) is 26.0 Å². The number of benzene rings is 2. The molecule has 1 heterocycles. The number of aryl methyl sites for hydroxylation is 2. The molecule has 3 rings (SSSR count). The van der Waals surface area contributed by atoms with Crippen molar-refractivity contribution >= 4 is 51.0 Å². The Kier molecular flexibility index (Phi) is 5.99. The summed E-state index contributed by atoms with van der Waals surface area (Å²) in [6.45, 7) is 3.71. The molecule has 0 aromatic heterocycles. The van der Waals surface area contributed by atoms with E-state index in [1.807, 2.05) is 26.0 Å². The van der Waals surface area contributed by atoms with Crippen molar-refractivity contribution in [3.8, 4) is 0 Å². The van der Waals surface area contributed by atoms with Gasteiger partial charge < -0.3 is 11.5 Å². The highest BCUT2D eigenvalue weighted by molar-refractivity contribution is 7.86. The average Bonchev–Trinajstić information content (AvgIpc) is 2.58. The van der Waals surface area contributed by atoms with E-state index in [1.165, 1.54) is 12.1 Å². The van der Waals surface area contributed by atoms with E-state index >= 15 is 0 Å². The molecule has 0 atom stereocenters. The first-order valence-electron chi connectivity index (χ1n) is 8.90. The summed E-state index contributed by atoms with van der Waals surface area (Å²) in [5, 5.41) is 0.367. The van der Waals surface area contributed by atoms with Crippen LogP contribution in [0.4, 0.5) is 9.57 Å². The second-order valence-electron chi connectivity index (χ2n) is 7.25. The van der Waals surface area contributed by atoms with Crippen LogP contribution >= 0.6 is 23.2 Å². The highest BCUT2D eigenvalue weighted by Crippen LogP contribution is 2.31. The molecule has 30 heavy (non-hydrogen) atoms. The molecule has 0 saturated heterocycles. The molecule has 160 valence electrons. The van der Waals surface area contributed by atoms with E-state index in [0.29, 0.717) is 23.6 Å². The predicted molar refractivity (Wildman–Crippen MR) is 118 cm³/mol. The van der Waals surface area contributed by atoms with Gasteiger partial charge in [-0.1, -0.05) is 35.3 Å². The Morgan fingerprint density at radius 2 is 1.77 bits per heavy atom. The number of aliphatic imine (C=N–C) groups is 2. The third-order valence-electron chi connectivity index (χ3n) is 4.63. The molecular weight excluding hydrogens is 452 g/mol. The maximum atomic E-state index is 13.1. The molecule has 0 bridgehead atoms. The van der Waals surface area contributed by atoms with Crippen molar-refractivity contribution in [3.05, 3.63) is 57.6 Å². The van der Waals surface area contributed by atoms with Crippen molar-refractivity contribution in [2.75, 3.05) is 4.90 Å². The van der Waals surface area contributed by atoms with Gasteiger partial charge in [-0.3, -0.25) is 4.90 Å². The van der Waals surface area contributed by atoms with Gasteiger partial charge in [-0.15, -0.1) is 3.89 Å². The standard InChI is InChI=1S/C19H20Cl2FN5O2S/c1-19(2)26-17(23)25-18(24)27(19)13-7-6-12(14(20)10-13)5-3-11-4-8-16(15(21)9-11)30(22,28)29/h4,6-10H,3,5H2,1-2H3,(H4,23,24,25,26). The summed E-state index contributed by atoms with van der Waals surface area (Å²) < 4.78 is 35.2. The van der Waals surface area contributed by atoms with Gasteiger partial charge in [-0.05, 0) is 62.1 Å². The minimum Gasteiger partial charge on any atom is -0.369 e. The number of guanidine groups is 2. The van der Waals surface area contributed by atoms with E-state index < -0.39 is 20.8 Å². The molecule has 4 N–H and O–H groups in total. The van der Waals surface area contributed by atoms with E-state index in [0.717, 1.165) is 17.2 Å². The molecule has 0 aliphatic carbocycles. The van der Waals surface area contributed by atoms with Crippen molar-refractivity contribution in [1.29, 1.82) is 0 Å². The zero-order valence-corrected chi connectivity index (χ0v) is 18.6. The highest BCUT2D eigenvalue weighted by Gasteiger charge is 2.33. The van der Waals surface area contributed by atoms with Crippen LogP contribution in [0.1, 0.15) is 25.0 Å². The summed E-state index contributed by atoms with van der Waals surface area (Å²) in [5.74, 6) is 0.329. The number of hydrogen-bond acceptors (Lipinski definition) is 7. The van der Waals surface area contributed by atoms with E-state index in [4.69, 9.17) is 34.7 Å². The fraction of sp³-hybridized carbons (Fsp3) is 0.263. The zero-order valence-electron chi connectivity index (χ0n) is 16.2. The van der Waals surface area contributed by atoms with Crippen LogP contribution in [0.15, 0.2) is 51.3 Å². The predicted octanol–water partition coefficient (Wildman–Crippen LogP) is 3.62. The van der Waals surface area contributed by atoms with Crippen LogP contribution in [-0.2, 0) is 23.1 Å². The van der Waals surface area contributed by atoms with Gasteiger partial charge in [0, 0.05) is 10.7 Å². The molecule has 1 aliphatic heterocycles. The zero-order chi connectivity index (χ0) is 22.3. The van der Waals surface area contributed by atoms with Crippen LogP contribution in [0.5, 0.6) is 0 Å². The SMILES string of the molecule is CC1(C)N=C(N)N=C(N)N1c1ccc(CCc2ccc(S(=O)(=O)F)c(Cl)c2)c(Cl)c1. The summed E-state index contributed by atoms with van der Waals surface area (Å²) in [5.41, 5.74) is 13.4. The maximum absolute atomic E-state index is 13.1. The van der Waals surface area contributed by atoms with Gasteiger partial charge in [0.1, 0.15) is 10.6 Å². The van der Waals surface area contributed by atoms with Crippen molar-refractivity contribution in [2.45, 2.75) is 37.2 Å². The summed E-state index contributed by atoms with van der Waals surface area (Å²) in [7, 11) is -4.85. The Labute approximate surface area is 184 Å². The quantitative estimate of drug-likeness (QED) is 0.646. The van der Waals surface area contributed by atoms with Gasteiger partial charge >= 0.3 is 10.2 Å². The molecular formula is C19H20Cl2FN5O2S. The van der Waals surface area contributed by atoms with Crippen molar-refractivity contribution in [2.24, 2.45) is 21.5 Å². The molecule has 0 radical (unpaired) electrons. The maximum Gasteiger partial charge on any atom is 0.333 e. The molecule has 0 unspecified atom stereocenters. The van der Waals surface area contributed by atoms with Gasteiger partial charge in [0.25, 0.3) is 0 Å². The minimum atomic E-state index is -4.85. The monoisotopic (exact) mass is 471 g/mol. The molecule has 11 heteroatoms. The molecule has 0 spiro atoms. The third-order valence-corrected chi connectivity index (χ3v) is 6.29. The Bertz CT molecular complexity index is 1170. The van der Waals surface area contributed by atoms with Crippen molar-refractivity contribution < 1.29 is 12.3 Å². The van der Waals surface area contributed by atoms with Crippen LogP contribution in [0, 0.1) is 0 Å². The molecule has 0 fully saturated rings. The second kappa shape index (κ2) is 8.05. The van der Waals surface area contributed by atoms with Gasteiger partial charge in [0.15, 0.2) is 0 Å². The first kappa shape index (κ1) is 22.3. The fourth-order valence-electron chi connectivity index (χ4n) is 3.31. The lowest BCUT2D eigenvalue weighted by atomic mass is 10.0. The van der Waals surface area contributed by atoms with Crippen LogP contribution in [0.25, 0.3) is 0 Å². The lowest BCUT2D eigenvalue weighted by Gasteiger charge is -2.38. The number of nitrogens with two attached hydrogens (primary N) is 2. The Morgan fingerprint density at radius 3 is 2.33 bits per heavy atom. The summed E-state index contributed by atoms with van der Waals surface area (Å²) in [6, 6.07) is 9.61. The second-order valence-corrected chi connectivity index (χ2v) is 9.38. The molecule has 1 aliphatic rings. The van der Waals surface area contributed by atoms with Gasteiger partial charge in [0.2, 0.25) is 11.9 Å². The smallest absolute Gasteiger partial charge is 0.333 e. The Balaban J connectivity index is 1.79. The Hall–Kier alpha value is -2.36. The number of anilines is 1. The van der Waals surface area contributed by atoms with Crippen LogP contribution in [0.3, 0.4) is 0 Å². The fourth-order valence-corrected chi connectivity index (χ4v) is 4.58. The summed E-state index contributed by atoms with van der Waals surface area (Å²) in [6.07, 6.45) is 1.10. The number of rotatable bonds is 5. The first-order chi connectivity index (χ1) is 13.9. The van der Waals surface area contributed by atoms with Crippen LogP contribution < -0.4 is 16.4 Å². The average molecular weight is 472 g/mol. The van der Waals surface area contributed by atoms with E-state index in [-0.39, 0.29) is 16.9 Å². The van der Waals surface area contributed by atoms with Gasteiger partial charge in [0.05, 0.1) is 5.02 Å². The van der Waals surface area contributed by atoms with Gasteiger partial charge in [-0.2, -0.15) is 13.4 Å². The largest absolute Gasteiger partial charge is 0.369 e. The van der Waals surface area contributed by atoms with Crippen molar-refractivity contribution in [1.82, 2.24) is 0 Å². The normalized spacial score (nSPS) is 16.2. The molecule has 2 aromatic rings. The lowest BCUT2D eigenvalue weighted by molar-refractivity contribution is 0.534. The third kappa shape index (κ3) is 4.69. The minimum absolute atomic E-state index is 0.113. The van der Waals surface area contributed by atoms with E-state index in [2.05, 4.69) is 9.98 Å². The summed E-state index contributed by atoms with van der Waals surface area (Å²) >= 11 is 12.4. The van der Waals surface area contributed by atoms with E-state index in [1.54, 1.807) is 11.0 Å². The first-order valence-corrected chi connectivity index (χ1v) is 11.0. The lowest BCUT2D eigenvalue weighted by Crippen LogP contribution is -2.54. The van der Waals surface area contributed by atoms with E-state index in [9.17, 15) is 12.3 Å². The van der Waals surface area contributed by atoms with Crippen molar-refractivity contribution in [3.63, 3.8) is 0 Å². The highest BCUT2D eigenvalue weighted by atomic mass is 35.5. The van der Waals surface area contributed by atoms with Crippen LogP contribution in [0.2, 0.25) is 10.0 Å². The number of nitrogens with zero attached hydrogens (tertiary/aromatic N) is 3. The molecule has 0 amide bonds. The Morgan fingerprint density at radius 1 is 1.07 bits per heavy atom. The van der Waals surface area contributed by atoms with Gasteiger partial charge in [-0.25, -0.2) is 4.99 Å². The topological polar surface area (TPSA) is 114 Å². The summed E-state index contributed by atoms with van der Waals surface area (Å²) in [4.78, 5) is 9.52. The molecule has 0 saturated carbocycles. The molecule has 7 nitrogen and oxygen atoms in total. The number of halogens is 3. The number of hydrogen-bond donors (Lipinski definition) is 2.